The minimum atomic E-state index is 0.816. The van der Waals surface area contributed by atoms with Crippen LogP contribution >= 0.6 is 0 Å². The summed E-state index contributed by atoms with van der Waals surface area (Å²) >= 11 is 0. The highest BCUT2D eigenvalue weighted by molar-refractivity contribution is 4.76. The van der Waals surface area contributed by atoms with E-state index in [4.69, 9.17) is 4.74 Å². The summed E-state index contributed by atoms with van der Waals surface area (Å²) < 4.78 is 5.10. The van der Waals surface area contributed by atoms with Gasteiger partial charge in [-0.3, -0.25) is 4.90 Å². The molecular formula is C12H24N2O. The second kappa shape index (κ2) is 7.85. The second-order valence-electron chi connectivity index (χ2n) is 4.23. The van der Waals surface area contributed by atoms with Gasteiger partial charge in [-0.05, 0) is 38.4 Å². The molecule has 1 heterocycles. The van der Waals surface area contributed by atoms with Crippen molar-refractivity contribution in [3.05, 3.63) is 12.7 Å². The molecule has 0 radical (unpaired) electrons. The second-order valence-corrected chi connectivity index (χ2v) is 4.23. The molecule has 1 aliphatic heterocycles. The first kappa shape index (κ1) is 12.7. The molecule has 0 saturated carbocycles. The van der Waals surface area contributed by atoms with Gasteiger partial charge < -0.3 is 10.1 Å². The Labute approximate surface area is 93.5 Å². The van der Waals surface area contributed by atoms with E-state index in [2.05, 4.69) is 16.8 Å². The number of nitrogens with one attached hydrogen (secondary N) is 1. The number of hydrogen-bond acceptors (Lipinski definition) is 3. The molecule has 1 rings (SSSR count). The van der Waals surface area contributed by atoms with Gasteiger partial charge in [-0.2, -0.15) is 0 Å². The number of hydrogen-bond donors (Lipinski definition) is 1. The molecule has 88 valence electrons. The van der Waals surface area contributed by atoms with Crippen LogP contribution in [-0.2, 0) is 4.74 Å². The van der Waals surface area contributed by atoms with Gasteiger partial charge >= 0.3 is 0 Å². The SMILES string of the molecule is C=CCN(CCOC)CCC1CCNC1. The van der Waals surface area contributed by atoms with Gasteiger partial charge in [0.1, 0.15) is 0 Å². The van der Waals surface area contributed by atoms with Gasteiger partial charge in [0.05, 0.1) is 6.61 Å². The van der Waals surface area contributed by atoms with Crippen molar-refractivity contribution in [2.75, 3.05) is 46.4 Å². The number of ether oxygens (including phenoxy) is 1. The zero-order valence-electron chi connectivity index (χ0n) is 9.87. The predicted molar refractivity (Wildman–Crippen MR) is 64.1 cm³/mol. The zero-order chi connectivity index (χ0) is 10.9. The van der Waals surface area contributed by atoms with Crippen molar-refractivity contribution >= 4 is 0 Å². The average Bonchev–Trinajstić information content (AvgIpc) is 2.75. The normalized spacial score (nSPS) is 21.1. The maximum atomic E-state index is 5.10. The van der Waals surface area contributed by atoms with Crippen LogP contribution in [0, 0.1) is 5.92 Å². The zero-order valence-corrected chi connectivity index (χ0v) is 9.87. The molecule has 0 aromatic heterocycles. The Bertz CT molecular complexity index is 167. The Hall–Kier alpha value is -0.380. The van der Waals surface area contributed by atoms with Crippen molar-refractivity contribution in [1.29, 1.82) is 0 Å². The van der Waals surface area contributed by atoms with Crippen LogP contribution in [0.5, 0.6) is 0 Å². The fraction of sp³-hybridized carbons (Fsp3) is 0.833. The maximum absolute atomic E-state index is 5.10. The summed E-state index contributed by atoms with van der Waals surface area (Å²) in [5.74, 6) is 0.875. The maximum Gasteiger partial charge on any atom is 0.0589 e. The topological polar surface area (TPSA) is 24.5 Å². The van der Waals surface area contributed by atoms with Crippen molar-refractivity contribution < 1.29 is 4.74 Å². The molecule has 3 heteroatoms. The molecule has 1 atom stereocenters. The lowest BCUT2D eigenvalue weighted by Gasteiger charge is -2.21. The highest BCUT2D eigenvalue weighted by atomic mass is 16.5. The predicted octanol–water partition coefficient (Wildman–Crippen LogP) is 1.12. The van der Waals surface area contributed by atoms with Crippen LogP contribution in [0.4, 0.5) is 0 Å². The van der Waals surface area contributed by atoms with Crippen LogP contribution in [0.15, 0.2) is 12.7 Å². The molecule has 0 amide bonds. The Balaban J connectivity index is 2.14. The van der Waals surface area contributed by atoms with Gasteiger partial charge in [-0.15, -0.1) is 6.58 Å². The molecule has 1 fully saturated rings. The summed E-state index contributed by atoms with van der Waals surface area (Å²) in [6.07, 6.45) is 4.61. The summed E-state index contributed by atoms with van der Waals surface area (Å²) in [7, 11) is 1.76. The van der Waals surface area contributed by atoms with E-state index in [9.17, 15) is 0 Å². The first-order chi connectivity index (χ1) is 7.36. The summed E-state index contributed by atoms with van der Waals surface area (Å²) in [6, 6.07) is 0. The standard InChI is InChI=1S/C12H24N2O/c1-3-7-14(9-10-15-2)8-5-12-4-6-13-11-12/h3,12-13H,1,4-11H2,2H3. The van der Waals surface area contributed by atoms with E-state index in [-0.39, 0.29) is 0 Å². The van der Waals surface area contributed by atoms with Crippen LogP contribution in [0.1, 0.15) is 12.8 Å². The van der Waals surface area contributed by atoms with E-state index in [1.807, 2.05) is 6.08 Å². The molecule has 0 spiro atoms. The van der Waals surface area contributed by atoms with Gasteiger partial charge in [0.15, 0.2) is 0 Å². The molecule has 15 heavy (non-hydrogen) atoms. The molecule has 1 saturated heterocycles. The van der Waals surface area contributed by atoms with E-state index in [1.54, 1.807) is 7.11 Å². The summed E-state index contributed by atoms with van der Waals surface area (Å²) in [5.41, 5.74) is 0. The molecule has 1 N–H and O–H groups in total. The van der Waals surface area contributed by atoms with Gasteiger partial charge in [-0.1, -0.05) is 6.08 Å². The molecule has 0 aliphatic carbocycles. The van der Waals surface area contributed by atoms with Gasteiger partial charge in [0, 0.05) is 20.2 Å². The average molecular weight is 212 g/mol. The number of rotatable bonds is 8. The number of methoxy groups -OCH3 is 1. The molecule has 3 nitrogen and oxygen atoms in total. The fourth-order valence-electron chi connectivity index (χ4n) is 2.02. The highest BCUT2D eigenvalue weighted by Gasteiger charge is 2.15. The van der Waals surface area contributed by atoms with Crippen LogP contribution in [0.25, 0.3) is 0 Å². The Morgan fingerprint density at radius 1 is 1.53 bits per heavy atom. The lowest BCUT2D eigenvalue weighted by molar-refractivity contribution is 0.151. The van der Waals surface area contributed by atoms with Gasteiger partial charge in [0.2, 0.25) is 0 Å². The quantitative estimate of drug-likeness (QED) is 0.610. The van der Waals surface area contributed by atoms with Crippen molar-refractivity contribution in [1.82, 2.24) is 10.2 Å². The van der Waals surface area contributed by atoms with Crippen LogP contribution in [-0.4, -0.2) is 51.3 Å². The van der Waals surface area contributed by atoms with E-state index >= 15 is 0 Å². The molecule has 0 aromatic carbocycles. The van der Waals surface area contributed by atoms with E-state index in [0.717, 1.165) is 25.6 Å². The van der Waals surface area contributed by atoms with Gasteiger partial charge in [-0.25, -0.2) is 0 Å². The minimum absolute atomic E-state index is 0.816. The fourth-order valence-corrected chi connectivity index (χ4v) is 2.02. The first-order valence-electron chi connectivity index (χ1n) is 5.89. The number of nitrogens with zero attached hydrogens (tertiary/aromatic N) is 1. The van der Waals surface area contributed by atoms with E-state index < -0.39 is 0 Å². The Morgan fingerprint density at radius 3 is 3.00 bits per heavy atom. The van der Waals surface area contributed by atoms with Crippen LogP contribution in [0.3, 0.4) is 0 Å². The molecular weight excluding hydrogens is 188 g/mol. The van der Waals surface area contributed by atoms with Crippen LogP contribution in [0.2, 0.25) is 0 Å². The highest BCUT2D eigenvalue weighted by Crippen LogP contribution is 2.12. The van der Waals surface area contributed by atoms with Crippen molar-refractivity contribution in [2.45, 2.75) is 12.8 Å². The third kappa shape index (κ3) is 5.30. The third-order valence-corrected chi connectivity index (χ3v) is 3.01. The van der Waals surface area contributed by atoms with E-state index in [1.165, 1.54) is 32.5 Å². The van der Waals surface area contributed by atoms with Gasteiger partial charge in [0.25, 0.3) is 0 Å². The Kier molecular flexibility index (Phi) is 6.64. The van der Waals surface area contributed by atoms with Crippen molar-refractivity contribution in [2.24, 2.45) is 5.92 Å². The molecule has 0 aromatic rings. The lowest BCUT2D eigenvalue weighted by atomic mass is 10.0. The summed E-state index contributed by atoms with van der Waals surface area (Å²) in [5, 5.41) is 3.41. The van der Waals surface area contributed by atoms with E-state index in [0.29, 0.717) is 0 Å². The largest absolute Gasteiger partial charge is 0.383 e. The first-order valence-corrected chi connectivity index (χ1v) is 5.89. The molecule has 1 unspecified atom stereocenters. The summed E-state index contributed by atoms with van der Waals surface area (Å²) in [4.78, 5) is 2.41. The minimum Gasteiger partial charge on any atom is -0.383 e. The van der Waals surface area contributed by atoms with Crippen LogP contribution < -0.4 is 5.32 Å². The lowest BCUT2D eigenvalue weighted by Crippen LogP contribution is -2.30. The third-order valence-electron chi connectivity index (χ3n) is 3.01. The monoisotopic (exact) mass is 212 g/mol. The summed E-state index contributed by atoms with van der Waals surface area (Å²) in [6.45, 7) is 10.2. The smallest absolute Gasteiger partial charge is 0.0589 e. The molecule has 1 aliphatic rings. The van der Waals surface area contributed by atoms with Crippen molar-refractivity contribution in [3.8, 4) is 0 Å². The Morgan fingerprint density at radius 2 is 2.40 bits per heavy atom. The molecule has 0 bridgehead atoms. The van der Waals surface area contributed by atoms with Crippen molar-refractivity contribution in [3.63, 3.8) is 0 Å².